The third-order valence-corrected chi connectivity index (χ3v) is 1.30. The van der Waals surface area contributed by atoms with Crippen LogP contribution in [-0.2, 0) is 11.3 Å². The Morgan fingerprint density at radius 2 is 2.09 bits per heavy atom. The molecule has 0 aliphatic carbocycles. The second kappa shape index (κ2) is 3.14. The number of ketones is 1. The van der Waals surface area contributed by atoms with Gasteiger partial charge in [0, 0.05) is 12.4 Å². The van der Waals surface area contributed by atoms with Gasteiger partial charge >= 0.3 is 0 Å². The zero-order valence-corrected chi connectivity index (χ0v) is 6.37. The maximum absolute atomic E-state index is 10.6. The zero-order valence-electron chi connectivity index (χ0n) is 6.37. The second-order valence-electron chi connectivity index (χ2n) is 2.46. The summed E-state index contributed by atoms with van der Waals surface area (Å²) in [6.45, 7) is 1.93. The van der Waals surface area contributed by atoms with E-state index < -0.39 is 0 Å². The minimum absolute atomic E-state index is 0.118. The lowest BCUT2D eigenvalue weighted by Crippen LogP contribution is -2.08. The molecule has 0 radical (unpaired) electrons. The predicted molar refractivity (Wildman–Crippen MR) is 41.0 cm³/mol. The molecule has 1 aromatic rings. The fourth-order valence-corrected chi connectivity index (χ4v) is 0.820. The van der Waals surface area contributed by atoms with Crippen molar-refractivity contribution >= 4 is 5.78 Å². The van der Waals surface area contributed by atoms with E-state index in [9.17, 15) is 4.79 Å². The van der Waals surface area contributed by atoms with E-state index in [2.05, 4.69) is 0 Å². The molecule has 1 N–H and O–H groups in total. The fourth-order valence-electron chi connectivity index (χ4n) is 0.820. The van der Waals surface area contributed by atoms with Crippen LogP contribution in [0.15, 0.2) is 24.5 Å². The van der Waals surface area contributed by atoms with E-state index in [-0.39, 0.29) is 5.78 Å². The fraction of sp³-hybridized carbons (Fsp3) is 0.250. The van der Waals surface area contributed by atoms with Crippen LogP contribution in [0.3, 0.4) is 0 Å². The molecular weight excluding hydrogens is 140 g/mol. The Morgan fingerprint density at radius 1 is 1.55 bits per heavy atom. The quantitative estimate of drug-likeness (QED) is 0.657. The van der Waals surface area contributed by atoms with Gasteiger partial charge in [-0.25, -0.2) is 0 Å². The highest BCUT2D eigenvalue weighted by Gasteiger charge is 1.91. The Labute approximate surface area is 64.8 Å². The molecule has 0 aliphatic heterocycles. The van der Waals surface area contributed by atoms with E-state index in [1.807, 2.05) is 0 Å². The molecule has 0 spiro atoms. The molecule has 1 rings (SSSR count). The molecule has 1 aromatic heterocycles. The Kier molecular flexibility index (Phi) is 2.21. The average Bonchev–Trinajstić information content (AvgIpc) is 1.93. The predicted octanol–water partition coefficient (Wildman–Crippen LogP) is 0.557. The van der Waals surface area contributed by atoms with Crippen molar-refractivity contribution in [1.82, 2.24) is 4.57 Å². The summed E-state index contributed by atoms with van der Waals surface area (Å²) in [5, 5.41) is 7.64. The molecule has 1 heterocycles. The van der Waals surface area contributed by atoms with Crippen LogP contribution in [0.4, 0.5) is 0 Å². The number of pyridine rings is 1. The number of hydrogen-bond donors (Lipinski definition) is 1. The Balaban J connectivity index is 2.82. The summed E-state index contributed by atoms with van der Waals surface area (Å²) in [5.41, 5.74) is 0. The van der Waals surface area contributed by atoms with E-state index in [1.165, 1.54) is 0 Å². The standard InChI is InChI=1S/C8H10N2O/c1-7(11)6-10-4-2-8(9)3-5-10/h2-5,9H,6H2,1H3. The summed E-state index contributed by atoms with van der Waals surface area (Å²) in [5.74, 6) is 0.118. The van der Waals surface area contributed by atoms with Crippen LogP contribution >= 0.6 is 0 Å². The molecule has 0 amide bonds. The summed E-state index contributed by atoms with van der Waals surface area (Å²) >= 11 is 0. The van der Waals surface area contributed by atoms with Gasteiger partial charge < -0.3 is 9.98 Å². The Bertz CT molecular complexity index is 294. The highest BCUT2D eigenvalue weighted by Crippen LogP contribution is 1.84. The van der Waals surface area contributed by atoms with Gasteiger partial charge in [-0.3, -0.25) is 4.79 Å². The summed E-state index contributed by atoms with van der Waals surface area (Å²) < 4.78 is 1.75. The van der Waals surface area contributed by atoms with E-state index in [4.69, 9.17) is 5.41 Å². The van der Waals surface area contributed by atoms with Gasteiger partial charge in [0.25, 0.3) is 0 Å². The van der Waals surface area contributed by atoms with Crippen molar-refractivity contribution in [3.8, 4) is 0 Å². The van der Waals surface area contributed by atoms with Crippen LogP contribution in [0.2, 0.25) is 0 Å². The van der Waals surface area contributed by atoms with Crippen LogP contribution in [0.25, 0.3) is 0 Å². The van der Waals surface area contributed by atoms with E-state index >= 15 is 0 Å². The van der Waals surface area contributed by atoms with Crippen molar-refractivity contribution in [2.45, 2.75) is 13.5 Å². The van der Waals surface area contributed by atoms with Crippen LogP contribution in [-0.4, -0.2) is 10.4 Å². The largest absolute Gasteiger partial charge is 0.347 e. The molecule has 0 atom stereocenters. The van der Waals surface area contributed by atoms with Crippen molar-refractivity contribution in [1.29, 1.82) is 5.41 Å². The van der Waals surface area contributed by atoms with Gasteiger partial charge in [0.2, 0.25) is 0 Å². The average molecular weight is 150 g/mol. The number of nitrogens with zero attached hydrogens (tertiary/aromatic N) is 1. The maximum Gasteiger partial charge on any atom is 0.149 e. The van der Waals surface area contributed by atoms with Gasteiger partial charge in [0.1, 0.15) is 5.78 Å². The first-order valence-electron chi connectivity index (χ1n) is 3.38. The van der Waals surface area contributed by atoms with E-state index in [1.54, 1.807) is 36.0 Å². The van der Waals surface area contributed by atoms with Crippen LogP contribution in [0, 0.1) is 5.41 Å². The molecule has 0 bridgehead atoms. The number of aromatic nitrogens is 1. The van der Waals surface area contributed by atoms with E-state index in [0.717, 1.165) is 0 Å². The van der Waals surface area contributed by atoms with Crippen LogP contribution in [0.5, 0.6) is 0 Å². The van der Waals surface area contributed by atoms with Gasteiger partial charge in [0.15, 0.2) is 0 Å². The molecule has 0 aliphatic rings. The minimum Gasteiger partial charge on any atom is -0.347 e. The smallest absolute Gasteiger partial charge is 0.149 e. The summed E-state index contributed by atoms with van der Waals surface area (Å²) in [4.78, 5) is 10.6. The number of Topliss-reactive ketones (excluding diaryl/α,β-unsaturated/α-hetero) is 1. The third kappa shape index (κ3) is 2.37. The molecule has 11 heavy (non-hydrogen) atoms. The summed E-state index contributed by atoms with van der Waals surface area (Å²) in [6, 6.07) is 3.31. The SMILES string of the molecule is CC(=O)Cn1ccc(=N)cc1. The van der Waals surface area contributed by atoms with Crippen LogP contribution < -0.4 is 5.36 Å². The summed E-state index contributed by atoms with van der Waals surface area (Å²) in [7, 11) is 0. The second-order valence-corrected chi connectivity index (χ2v) is 2.46. The Hall–Kier alpha value is -1.38. The Morgan fingerprint density at radius 3 is 2.55 bits per heavy atom. The van der Waals surface area contributed by atoms with Crippen molar-refractivity contribution < 1.29 is 4.79 Å². The van der Waals surface area contributed by atoms with Crippen molar-refractivity contribution in [3.05, 3.63) is 29.9 Å². The normalized spacial score (nSPS) is 9.55. The van der Waals surface area contributed by atoms with Crippen molar-refractivity contribution in [2.75, 3.05) is 0 Å². The van der Waals surface area contributed by atoms with Crippen molar-refractivity contribution in [3.63, 3.8) is 0 Å². The monoisotopic (exact) mass is 150 g/mol. The molecule has 0 unspecified atom stereocenters. The summed E-state index contributed by atoms with van der Waals surface area (Å²) in [6.07, 6.45) is 3.45. The molecule has 58 valence electrons. The molecule has 0 saturated heterocycles. The molecule has 0 saturated carbocycles. The maximum atomic E-state index is 10.6. The lowest BCUT2D eigenvalue weighted by molar-refractivity contribution is -0.117. The first kappa shape index (κ1) is 7.72. The zero-order chi connectivity index (χ0) is 8.27. The molecule has 0 aromatic carbocycles. The number of carbonyl (C=O) groups is 1. The first-order valence-corrected chi connectivity index (χ1v) is 3.38. The van der Waals surface area contributed by atoms with Crippen LogP contribution in [0.1, 0.15) is 6.92 Å². The highest BCUT2D eigenvalue weighted by molar-refractivity contribution is 5.75. The van der Waals surface area contributed by atoms with Gasteiger partial charge in [-0.05, 0) is 19.1 Å². The molecule has 0 fully saturated rings. The van der Waals surface area contributed by atoms with Gasteiger partial charge in [-0.1, -0.05) is 0 Å². The topological polar surface area (TPSA) is 45.9 Å². The van der Waals surface area contributed by atoms with Gasteiger partial charge in [-0.15, -0.1) is 0 Å². The minimum atomic E-state index is 0.118. The van der Waals surface area contributed by atoms with Crippen molar-refractivity contribution in [2.24, 2.45) is 0 Å². The number of hydrogen-bond acceptors (Lipinski definition) is 2. The first-order chi connectivity index (χ1) is 5.18. The lowest BCUT2D eigenvalue weighted by atomic mass is 10.4. The number of nitrogens with one attached hydrogen (secondary N) is 1. The molecular formula is C8H10N2O. The third-order valence-electron chi connectivity index (χ3n) is 1.30. The number of carbonyl (C=O) groups excluding carboxylic acids is 1. The van der Waals surface area contributed by atoms with Gasteiger partial charge in [0.05, 0.1) is 11.9 Å². The molecule has 3 nitrogen and oxygen atoms in total. The number of rotatable bonds is 2. The highest BCUT2D eigenvalue weighted by atomic mass is 16.1. The van der Waals surface area contributed by atoms with E-state index in [0.29, 0.717) is 11.9 Å². The van der Waals surface area contributed by atoms with Gasteiger partial charge in [-0.2, -0.15) is 0 Å². The lowest BCUT2D eigenvalue weighted by Gasteiger charge is -2.00. The molecule has 3 heteroatoms.